The van der Waals surface area contributed by atoms with E-state index in [9.17, 15) is 27.2 Å². The van der Waals surface area contributed by atoms with Crippen LogP contribution in [-0.4, -0.2) is 61.2 Å². The molecule has 1 atom stereocenters. The molecule has 5 aromatic rings. The number of carbonyl (C=O) groups excluding carboxylic acids is 2. The lowest BCUT2D eigenvalue weighted by Crippen LogP contribution is -2.40. The Bertz CT molecular complexity index is 2120. The quantitative estimate of drug-likeness (QED) is 0.237. The summed E-state index contributed by atoms with van der Waals surface area (Å²) in [4.78, 5) is 40.9. The zero-order chi connectivity index (χ0) is 31.9. The highest BCUT2D eigenvalue weighted by Crippen LogP contribution is 2.41. The van der Waals surface area contributed by atoms with Gasteiger partial charge in [-0.3, -0.25) is 19.1 Å². The van der Waals surface area contributed by atoms with E-state index in [1.54, 1.807) is 41.3 Å². The van der Waals surface area contributed by atoms with E-state index >= 15 is 0 Å². The summed E-state index contributed by atoms with van der Waals surface area (Å²) in [6, 6.07) is 15.6. The van der Waals surface area contributed by atoms with Crippen molar-refractivity contribution in [1.29, 1.82) is 0 Å². The number of hydrogen-bond donors (Lipinski definition) is 3. The molecule has 1 saturated heterocycles. The molecule has 1 fully saturated rings. The molecule has 2 amide bonds. The summed E-state index contributed by atoms with van der Waals surface area (Å²) in [6.07, 6.45) is 1.25. The minimum atomic E-state index is -3.72. The second-order valence-electron chi connectivity index (χ2n) is 10.9. The van der Waals surface area contributed by atoms with Crippen molar-refractivity contribution < 1.29 is 26.8 Å². The number of likely N-dealkylation sites (tertiary alicyclic amines) is 1. The molecular weight excluding hydrogens is 601 g/mol. The van der Waals surface area contributed by atoms with Crippen LogP contribution in [0, 0.1) is 5.82 Å². The summed E-state index contributed by atoms with van der Waals surface area (Å²) in [5.41, 5.74) is 1.54. The first-order valence-electron chi connectivity index (χ1n) is 14.5. The van der Waals surface area contributed by atoms with E-state index in [4.69, 9.17) is 4.42 Å². The number of carbonyl (C=O) groups is 2. The zero-order valence-corrected chi connectivity index (χ0v) is 25.3. The lowest BCUT2D eigenvalue weighted by Gasteiger charge is -2.34. The molecule has 45 heavy (non-hydrogen) atoms. The third-order valence-electron chi connectivity index (χ3n) is 8.11. The Morgan fingerprint density at radius 3 is 2.53 bits per heavy atom. The molecule has 11 nitrogen and oxygen atoms in total. The molecule has 232 valence electrons. The first-order valence-corrected chi connectivity index (χ1v) is 16.1. The van der Waals surface area contributed by atoms with E-state index < -0.39 is 27.3 Å². The molecule has 0 radical (unpaired) electrons. The number of hydrogen-bond acceptors (Lipinski definition) is 7. The summed E-state index contributed by atoms with van der Waals surface area (Å²) in [5, 5.41) is 10.3. The number of nitrogens with zero attached hydrogens (tertiary/aromatic N) is 2. The van der Waals surface area contributed by atoms with Crippen molar-refractivity contribution in [2.24, 2.45) is 0 Å². The van der Waals surface area contributed by atoms with Crippen LogP contribution in [-0.2, 0) is 10.0 Å². The Kier molecular flexibility index (Phi) is 7.87. The van der Waals surface area contributed by atoms with Crippen molar-refractivity contribution in [2.45, 2.75) is 25.7 Å². The Labute approximate surface area is 257 Å². The van der Waals surface area contributed by atoms with Crippen LogP contribution in [0.15, 0.2) is 69.9 Å². The van der Waals surface area contributed by atoms with E-state index in [2.05, 4.69) is 20.2 Å². The van der Waals surface area contributed by atoms with E-state index in [0.717, 1.165) is 0 Å². The third kappa shape index (κ3) is 5.66. The Balaban J connectivity index is 1.46. The number of H-pyrrole nitrogens is 1. The van der Waals surface area contributed by atoms with Crippen LogP contribution < -0.4 is 15.6 Å². The van der Waals surface area contributed by atoms with Gasteiger partial charge >= 0.3 is 0 Å². The fraction of sp³-hybridized carbons (Fsp3) is 0.250. The zero-order valence-electron chi connectivity index (χ0n) is 24.5. The maximum absolute atomic E-state index is 13.8. The molecule has 1 aliphatic rings. The monoisotopic (exact) mass is 631 g/mol. The number of piperidine rings is 1. The molecule has 3 N–H and O–H groups in total. The molecule has 6 rings (SSSR count). The summed E-state index contributed by atoms with van der Waals surface area (Å²) in [7, 11) is -2.24. The SMILES string of the molecule is CCS(=O)(=O)Nc1cc2oc(-c3ccc(F)cc3)c(C(=O)NC)c2cc1[C@H]1CCCN(C(=O)c2n[nH]c(=O)c3ccccc23)C1. The molecule has 1 aliphatic heterocycles. The normalized spacial score (nSPS) is 15.4. The van der Waals surface area contributed by atoms with Crippen LogP contribution in [0.4, 0.5) is 10.1 Å². The fourth-order valence-corrected chi connectivity index (χ4v) is 6.48. The van der Waals surface area contributed by atoms with Crippen molar-refractivity contribution in [2.75, 3.05) is 30.6 Å². The number of halogens is 1. The van der Waals surface area contributed by atoms with Crippen molar-refractivity contribution in [3.05, 3.63) is 93.7 Å². The van der Waals surface area contributed by atoms with Crippen molar-refractivity contribution in [3.63, 3.8) is 0 Å². The average Bonchev–Trinajstić information content (AvgIpc) is 3.42. The number of anilines is 1. The highest BCUT2D eigenvalue weighted by Gasteiger charge is 2.31. The van der Waals surface area contributed by atoms with Gasteiger partial charge in [-0.05, 0) is 61.7 Å². The largest absolute Gasteiger partial charge is 0.455 e. The molecule has 0 aliphatic carbocycles. The molecule has 0 bridgehead atoms. The number of fused-ring (bicyclic) bond motifs is 2. The number of amides is 2. The Hall–Kier alpha value is -5.04. The van der Waals surface area contributed by atoms with Gasteiger partial charge in [0.25, 0.3) is 17.4 Å². The topological polar surface area (TPSA) is 154 Å². The fourth-order valence-electron chi connectivity index (χ4n) is 5.82. The van der Waals surface area contributed by atoms with Crippen LogP contribution in [0.3, 0.4) is 0 Å². The van der Waals surface area contributed by atoms with Crippen LogP contribution in [0.1, 0.15) is 52.1 Å². The van der Waals surface area contributed by atoms with E-state index in [0.29, 0.717) is 46.7 Å². The van der Waals surface area contributed by atoms with Gasteiger partial charge in [0, 0.05) is 48.5 Å². The van der Waals surface area contributed by atoms with Gasteiger partial charge in [-0.2, -0.15) is 5.10 Å². The van der Waals surface area contributed by atoms with Gasteiger partial charge < -0.3 is 14.6 Å². The van der Waals surface area contributed by atoms with Gasteiger partial charge in [0.05, 0.1) is 22.4 Å². The smallest absolute Gasteiger partial charge is 0.274 e. The summed E-state index contributed by atoms with van der Waals surface area (Å²) in [6.45, 7) is 2.19. The van der Waals surface area contributed by atoms with Gasteiger partial charge in [-0.25, -0.2) is 17.9 Å². The van der Waals surface area contributed by atoms with Gasteiger partial charge in [-0.1, -0.05) is 18.2 Å². The standard InChI is InChI=1S/C32H30FN5O6S/c1-3-45(42,43)37-25-16-26-24(27(31(40)34-2)29(44-26)18-10-12-20(33)13-11-18)15-23(25)19-7-6-14-38(17-19)32(41)28-21-8-4-5-9-22(21)30(39)36-35-28/h4-5,8-13,15-16,19,37H,3,6-7,14,17H2,1-2H3,(H,34,40)(H,36,39)/t19-/m0/s1. The Morgan fingerprint density at radius 2 is 1.82 bits per heavy atom. The number of nitrogens with one attached hydrogen (secondary N) is 3. The van der Waals surface area contributed by atoms with E-state index in [1.807, 2.05) is 0 Å². The lowest BCUT2D eigenvalue weighted by molar-refractivity contribution is 0.0702. The molecule has 3 aromatic carbocycles. The minimum absolute atomic E-state index is 0.119. The van der Waals surface area contributed by atoms with Crippen LogP contribution in [0.2, 0.25) is 0 Å². The molecule has 0 spiro atoms. The van der Waals surface area contributed by atoms with Crippen molar-refractivity contribution in [3.8, 4) is 11.3 Å². The minimum Gasteiger partial charge on any atom is -0.455 e. The molecule has 0 saturated carbocycles. The van der Waals surface area contributed by atoms with Gasteiger partial charge in [0.15, 0.2) is 5.69 Å². The van der Waals surface area contributed by atoms with Gasteiger partial charge in [-0.15, -0.1) is 0 Å². The average molecular weight is 632 g/mol. The summed E-state index contributed by atoms with van der Waals surface area (Å²) in [5.74, 6) is -1.53. The molecule has 3 heterocycles. The molecule has 2 aromatic heterocycles. The first-order chi connectivity index (χ1) is 21.6. The van der Waals surface area contributed by atoms with Crippen LogP contribution >= 0.6 is 0 Å². The summed E-state index contributed by atoms with van der Waals surface area (Å²) >= 11 is 0. The number of benzene rings is 3. The predicted molar refractivity (Wildman–Crippen MR) is 168 cm³/mol. The maximum atomic E-state index is 13.8. The molecule has 0 unspecified atom stereocenters. The lowest BCUT2D eigenvalue weighted by atomic mass is 9.88. The predicted octanol–water partition coefficient (Wildman–Crippen LogP) is 4.62. The third-order valence-corrected chi connectivity index (χ3v) is 9.40. The van der Waals surface area contributed by atoms with Crippen molar-refractivity contribution in [1.82, 2.24) is 20.4 Å². The number of furan rings is 1. The maximum Gasteiger partial charge on any atom is 0.274 e. The number of aromatic nitrogens is 2. The number of rotatable bonds is 7. The second kappa shape index (κ2) is 11.8. The molecular formula is C32H30FN5O6S. The van der Waals surface area contributed by atoms with Gasteiger partial charge in [0.2, 0.25) is 10.0 Å². The van der Waals surface area contributed by atoms with E-state index in [-0.39, 0.29) is 52.4 Å². The van der Waals surface area contributed by atoms with E-state index in [1.165, 1.54) is 38.2 Å². The molecule has 13 heteroatoms. The van der Waals surface area contributed by atoms with Crippen molar-refractivity contribution >= 4 is 49.3 Å². The second-order valence-corrected chi connectivity index (χ2v) is 12.9. The van der Waals surface area contributed by atoms with Crippen LogP contribution in [0.25, 0.3) is 33.1 Å². The van der Waals surface area contributed by atoms with Crippen LogP contribution in [0.5, 0.6) is 0 Å². The Morgan fingerprint density at radius 1 is 1.09 bits per heavy atom. The number of sulfonamides is 1. The summed E-state index contributed by atoms with van der Waals surface area (Å²) < 4.78 is 48.1. The highest BCUT2D eigenvalue weighted by atomic mass is 32.2. The number of aromatic amines is 1. The first kappa shape index (κ1) is 30.0. The highest BCUT2D eigenvalue weighted by molar-refractivity contribution is 7.92. The van der Waals surface area contributed by atoms with Gasteiger partial charge in [0.1, 0.15) is 17.2 Å².